The summed E-state index contributed by atoms with van der Waals surface area (Å²) in [5.41, 5.74) is 4.24. The highest BCUT2D eigenvalue weighted by molar-refractivity contribution is 7.92. The number of amides is 1. The fraction of sp³-hybridized carbons (Fsp3) is 0.160. The fourth-order valence-electron chi connectivity index (χ4n) is 3.29. The minimum Gasteiger partial charge on any atom is -0.496 e. The molecule has 2 N–H and O–H groups in total. The van der Waals surface area contributed by atoms with Gasteiger partial charge in [0.25, 0.3) is 15.9 Å². The quantitative estimate of drug-likeness (QED) is 0.468. The van der Waals surface area contributed by atoms with Gasteiger partial charge in [0.15, 0.2) is 0 Å². The van der Waals surface area contributed by atoms with Gasteiger partial charge in [0.1, 0.15) is 5.75 Å². The average molecular weight is 451 g/mol. The molecule has 0 saturated carbocycles. The Hall–Kier alpha value is -3.58. The molecule has 7 heteroatoms. The lowest BCUT2D eigenvalue weighted by atomic mass is 10.1. The van der Waals surface area contributed by atoms with E-state index in [2.05, 4.69) is 16.6 Å². The number of aryl methyl sites for hydroxylation is 2. The first-order chi connectivity index (χ1) is 15.2. The molecule has 0 atom stereocenters. The van der Waals surface area contributed by atoms with Gasteiger partial charge in [-0.05, 0) is 79.9 Å². The molecule has 6 nitrogen and oxygen atoms in total. The monoisotopic (exact) mass is 450 g/mol. The zero-order valence-corrected chi connectivity index (χ0v) is 19.1. The predicted molar refractivity (Wildman–Crippen MR) is 128 cm³/mol. The van der Waals surface area contributed by atoms with Gasteiger partial charge in [-0.15, -0.1) is 6.58 Å². The molecule has 3 rings (SSSR count). The third-order valence-corrected chi connectivity index (χ3v) is 6.34. The number of hydrogen-bond donors (Lipinski definition) is 2. The molecule has 166 valence electrons. The standard InChI is InChI=1S/C25H26N2O4S/c1-5-6-19-16-20(8-14-24(19)31-4)25(28)26-21-9-11-22(12-10-21)32(29,30)27-23-13-7-17(2)15-18(23)3/h5,7-16,27H,1,6H2,2-4H3,(H,26,28). The largest absolute Gasteiger partial charge is 0.496 e. The average Bonchev–Trinajstić information content (AvgIpc) is 2.76. The summed E-state index contributed by atoms with van der Waals surface area (Å²) in [6, 6.07) is 16.7. The van der Waals surface area contributed by atoms with Crippen LogP contribution >= 0.6 is 0 Å². The van der Waals surface area contributed by atoms with E-state index in [1.807, 2.05) is 26.0 Å². The Balaban J connectivity index is 1.74. The molecule has 0 saturated heterocycles. The molecule has 0 aliphatic heterocycles. The maximum atomic E-state index is 12.7. The van der Waals surface area contributed by atoms with Crippen LogP contribution < -0.4 is 14.8 Å². The minimum absolute atomic E-state index is 0.105. The van der Waals surface area contributed by atoms with E-state index >= 15 is 0 Å². The predicted octanol–water partition coefficient (Wildman–Crippen LogP) is 5.09. The lowest BCUT2D eigenvalue weighted by Crippen LogP contribution is -2.15. The lowest BCUT2D eigenvalue weighted by Gasteiger charge is -2.12. The van der Waals surface area contributed by atoms with Crippen molar-refractivity contribution in [1.82, 2.24) is 0 Å². The summed E-state index contributed by atoms with van der Waals surface area (Å²) in [4.78, 5) is 12.8. The highest BCUT2D eigenvalue weighted by atomic mass is 32.2. The Bertz CT molecular complexity index is 1250. The molecule has 0 aliphatic carbocycles. The topological polar surface area (TPSA) is 84.5 Å². The van der Waals surface area contributed by atoms with Crippen molar-refractivity contribution in [2.45, 2.75) is 25.2 Å². The van der Waals surface area contributed by atoms with Gasteiger partial charge in [0.05, 0.1) is 17.7 Å². The van der Waals surface area contributed by atoms with Crippen LogP contribution in [0.5, 0.6) is 5.75 Å². The van der Waals surface area contributed by atoms with Crippen molar-refractivity contribution in [3.05, 3.63) is 95.6 Å². The van der Waals surface area contributed by atoms with E-state index in [0.29, 0.717) is 29.1 Å². The number of allylic oxidation sites excluding steroid dienone is 1. The molecule has 0 aromatic heterocycles. The van der Waals surface area contributed by atoms with Crippen molar-refractivity contribution in [3.63, 3.8) is 0 Å². The second-order valence-electron chi connectivity index (χ2n) is 7.42. The van der Waals surface area contributed by atoms with Gasteiger partial charge in [0.2, 0.25) is 0 Å². The third kappa shape index (κ3) is 5.36. The number of rotatable bonds is 8. The van der Waals surface area contributed by atoms with Gasteiger partial charge >= 0.3 is 0 Å². The molecule has 0 radical (unpaired) electrons. The molecular weight excluding hydrogens is 424 g/mol. The maximum absolute atomic E-state index is 12.7. The summed E-state index contributed by atoms with van der Waals surface area (Å²) in [5, 5.41) is 2.79. The highest BCUT2D eigenvalue weighted by Crippen LogP contribution is 2.23. The van der Waals surface area contributed by atoms with Gasteiger partial charge in [-0.3, -0.25) is 9.52 Å². The second kappa shape index (κ2) is 9.70. The number of sulfonamides is 1. The Morgan fingerprint density at radius 2 is 1.75 bits per heavy atom. The van der Waals surface area contributed by atoms with Gasteiger partial charge in [-0.1, -0.05) is 23.8 Å². The maximum Gasteiger partial charge on any atom is 0.261 e. The van der Waals surface area contributed by atoms with Crippen LogP contribution in [-0.4, -0.2) is 21.4 Å². The molecule has 0 bridgehead atoms. The van der Waals surface area contributed by atoms with Gasteiger partial charge in [-0.2, -0.15) is 0 Å². The molecular formula is C25H26N2O4S. The number of anilines is 2. The highest BCUT2D eigenvalue weighted by Gasteiger charge is 2.16. The Morgan fingerprint density at radius 3 is 2.38 bits per heavy atom. The number of carbonyl (C=O) groups excluding carboxylic acids is 1. The Kier molecular flexibility index (Phi) is 7.00. The summed E-state index contributed by atoms with van der Waals surface area (Å²) >= 11 is 0. The van der Waals surface area contributed by atoms with E-state index in [1.165, 1.54) is 12.1 Å². The molecule has 32 heavy (non-hydrogen) atoms. The molecule has 0 spiro atoms. The van der Waals surface area contributed by atoms with Crippen molar-refractivity contribution >= 4 is 27.3 Å². The number of carbonyl (C=O) groups is 1. The zero-order valence-electron chi connectivity index (χ0n) is 18.3. The van der Waals surface area contributed by atoms with E-state index in [4.69, 9.17) is 4.74 Å². The van der Waals surface area contributed by atoms with E-state index < -0.39 is 10.0 Å². The summed E-state index contributed by atoms with van der Waals surface area (Å²) in [7, 11) is -2.18. The van der Waals surface area contributed by atoms with Crippen LogP contribution in [0.1, 0.15) is 27.0 Å². The summed E-state index contributed by atoms with van der Waals surface area (Å²) in [6.07, 6.45) is 2.31. The van der Waals surface area contributed by atoms with Gasteiger partial charge in [0, 0.05) is 11.3 Å². The van der Waals surface area contributed by atoms with Crippen LogP contribution in [0.2, 0.25) is 0 Å². The minimum atomic E-state index is -3.75. The van der Waals surface area contributed by atoms with Gasteiger partial charge in [-0.25, -0.2) is 8.42 Å². The van der Waals surface area contributed by atoms with Crippen molar-refractivity contribution < 1.29 is 17.9 Å². The molecule has 1 amide bonds. The van der Waals surface area contributed by atoms with Crippen molar-refractivity contribution in [2.24, 2.45) is 0 Å². The van der Waals surface area contributed by atoms with Crippen molar-refractivity contribution in [3.8, 4) is 5.75 Å². The molecule has 0 heterocycles. The number of ether oxygens (including phenoxy) is 1. The van der Waals surface area contributed by atoms with E-state index in [9.17, 15) is 13.2 Å². The normalized spacial score (nSPS) is 11.0. The number of hydrogen-bond acceptors (Lipinski definition) is 4. The van der Waals surface area contributed by atoms with Crippen molar-refractivity contribution in [1.29, 1.82) is 0 Å². The molecule has 3 aromatic rings. The van der Waals surface area contributed by atoms with Crippen LogP contribution in [0.15, 0.2) is 78.2 Å². The van der Waals surface area contributed by atoms with E-state index in [1.54, 1.807) is 49.6 Å². The Labute approximate surface area is 189 Å². The van der Waals surface area contributed by atoms with Crippen LogP contribution in [0.3, 0.4) is 0 Å². The lowest BCUT2D eigenvalue weighted by molar-refractivity contribution is 0.102. The first-order valence-corrected chi connectivity index (χ1v) is 11.5. The van der Waals surface area contributed by atoms with Crippen LogP contribution in [0, 0.1) is 13.8 Å². The SMILES string of the molecule is C=CCc1cc(C(=O)Nc2ccc(S(=O)(=O)Nc3ccc(C)cc3C)cc2)ccc1OC. The van der Waals surface area contributed by atoms with E-state index in [0.717, 1.165) is 16.7 Å². The number of methoxy groups -OCH3 is 1. The number of benzene rings is 3. The van der Waals surface area contributed by atoms with E-state index in [-0.39, 0.29) is 10.8 Å². The summed E-state index contributed by atoms with van der Waals surface area (Å²) in [5.74, 6) is 0.384. The third-order valence-electron chi connectivity index (χ3n) is 4.96. The summed E-state index contributed by atoms with van der Waals surface area (Å²) in [6.45, 7) is 7.53. The first kappa shape index (κ1) is 23.1. The first-order valence-electron chi connectivity index (χ1n) is 10.0. The second-order valence-corrected chi connectivity index (χ2v) is 9.10. The molecule has 3 aromatic carbocycles. The molecule has 0 unspecified atom stereocenters. The van der Waals surface area contributed by atoms with Crippen LogP contribution in [0.4, 0.5) is 11.4 Å². The zero-order chi connectivity index (χ0) is 23.3. The number of nitrogens with one attached hydrogen (secondary N) is 2. The molecule has 0 fully saturated rings. The fourth-order valence-corrected chi connectivity index (χ4v) is 4.42. The summed E-state index contributed by atoms with van der Waals surface area (Å²) < 4.78 is 33.4. The molecule has 0 aliphatic rings. The van der Waals surface area contributed by atoms with Crippen molar-refractivity contribution in [2.75, 3.05) is 17.1 Å². The van der Waals surface area contributed by atoms with Crippen LogP contribution in [-0.2, 0) is 16.4 Å². The van der Waals surface area contributed by atoms with Gasteiger partial charge < -0.3 is 10.1 Å². The smallest absolute Gasteiger partial charge is 0.261 e. The van der Waals surface area contributed by atoms with Crippen LogP contribution in [0.25, 0.3) is 0 Å². The Morgan fingerprint density at radius 1 is 1.03 bits per heavy atom.